The molecular formula is C14H22N2. The molecule has 2 atom stereocenters. The smallest absolute Gasteiger partial charge is 0.0323 e. The molecule has 0 amide bonds. The van der Waals surface area contributed by atoms with Gasteiger partial charge in [-0.1, -0.05) is 24.3 Å². The molecule has 2 nitrogen and oxygen atoms in total. The molecule has 1 aliphatic rings. The van der Waals surface area contributed by atoms with Crippen LogP contribution in [0.2, 0.25) is 0 Å². The Hall–Kier alpha value is -0.860. The minimum absolute atomic E-state index is 0.361. The summed E-state index contributed by atoms with van der Waals surface area (Å²) in [5, 5.41) is 0. The summed E-state index contributed by atoms with van der Waals surface area (Å²) in [6.45, 7) is 6.70. The molecule has 2 N–H and O–H groups in total. The van der Waals surface area contributed by atoms with Crippen LogP contribution in [0.15, 0.2) is 24.3 Å². The standard InChI is InChI=1S/C14H22N2/c1-11-6-3-4-8-14(11)12(2)16-9-5-7-13(15)10-16/h3-4,6,8,12-13H,5,7,9-10,15H2,1-2H3. The van der Waals surface area contributed by atoms with E-state index in [0.717, 1.165) is 6.54 Å². The van der Waals surface area contributed by atoms with Crippen LogP contribution in [0.5, 0.6) is 0 Å². The van der Waals surface area contributed by atoms with E-state index in [1.807, 2.05) is 0 Å². The Balaban J connectivity index is 2.12. The maximum Gasteiger partial charge on any atom is 0.0323 e. The van der Waals surface area contributed by atoms with Crippen molar-refractivity contribution in [2.75, 3.05) is 13.1 Å². The van der Waals surface area contributed by atoms with Gasteiger partial charge in [0, 0.05) is 18.6 Å². The molecule has 1 aromatic carbocycles. The van der Waals surface area contributed by atoms with E-state index in [0.29, 0.717) is 12.1 Å². The van der Waals surface area contributed by atoms with Gasteiger partial charge in [-0.05, 0) is 44.4 Å². The molecular weight excluding hydrogens is 196 g/mol. The highest BCUT2D eigenvalue weighted by Crippen LogP contribution is 2.25. The van der Waals surface area contributed by atoms with Crippen LogP contribution in [0.25, 0.3) is 0 Å². The number of likely N-dealkylation sites (tertiary alicyclic amines) is 1. The van der Waals surface area contributed by atoms with Crippen molar-refractivity contribution in [2.45, 2.75) is 38.8 Å². The maximum atomic E-state index is 6.04. The zero-order valence-corrected chi connectivity index (χ0v) is 10.3. The lowest BCUT2D eigenvalue weighted by atomic mass is 9.98. The van der Waals surface area contributed by atoms with Crippen LogP contribution in [-0.2, 0) is 0 Å². The van der Waals surface area contributed by atoms with E-state index in [9.17, 15) is 0 Å². The van der Waals surface area contributed by atoms with Crippen LogP contribution < -0.4 is 5.73 Å². The highest BCUT2D eigenvalue weighted by Gasteiger charge is 2.22. The van der Waals surface area contributed by atoms with Gasteiger partial charge in [0.2, 0.25) is 0 Å². The van der Waals surface area contributed by atoms with Gasteiger partial charge in [0.05, 0.1) is 0 Å². The molecule has 88 valence electrons. The number of piperidine rings is 1. The first kappa shape index (κ1) is 11.6. The molecule has 0 radical (unpaired) electrons. The highest BCUT2D eigenvalue weighted by molar-refractivity contribution is 5.28. The van der Waals surface area contributed by atoms with Gasteiger partial charge in [-0.3, -0.25) is 4.90 Å². The van der Waals surface area contributed by atoms with Crippen molar-refractivity contribution in [2.24, 2.45) is 5.73 Å². The first-order valence-electron chi connectivity index (χ1n) is 6.23. The third kappa shape index (κ3) is 2.45. The second-order valence-corrected chi connectivity index (χ2v) is 4.93. The third-order valence-electron chi connectivity index (χ3n) is 3.68. The van der Waals surface area contributed by atoms with E-state index < -0.39 is 0 Å². The summed E-state index contributed by atoms with van der Waals surface area (Å²) in [4.78, 5) is 2.51. The molecule has 1 saturated heterocycles. The number of hydrogen-bond acceptors (Lipinski definition) is 2. The largest absolute Gasteiger partial charge is 0.327 e. The lowest BCUT2D eigenvalue weighted by Crippen LogP contribution is -2.43. The first-order valence-corrected chi connectivity index (χ1v) is 6.23. The van der Waals surface area contributed by atoms with Crippen molar-refractivity contribution in [1.82, 2.24) is 4.90 Å². The monoisotopic (exact) mass is 218 g/mol. The first-order chi connectivity index (χ1) is 7.68. The fraction of sp³-hybridized carbons (Fsp3) is 0.571. The van der Waals surface area contributed by atoms with Gasteiger partial charge >= 0.3 is 0 Å². The van der Waals surface area contributed by atoms with Gasteiger partial charge in [-0.2, -0.15) is 0 Å². The van der Waals surface area contributed by atoms with E-state index in [2.05, 4.69) is 43.0 Å². The molecule has 2 heteroatoms. The molecule has 0 aromatic heterocycles. The van der Waals surface area contributed by atoms with Crippen LogP contribution in [0, 0.1) is 6.92 Å². The Labute approximate surface area is 98.4 Å². The Morgan fingerprint density at radius 3 is 2.81 bits per heavy atom. The fourth-order valence-corrected chi connectivity index (χ4v) is 2.64. The number of nitrogens with two attached hydrogens (primary N) is 1. The minimum Gasteiger partial charge on any atom is -0.327 e. The van der Waals surface area contributed by atoms with Crippen LogP contribution in [0.1, 0.15) is 36.9 Å². The number of benzene rings is 1. The van der Waals surface area contributed by atoms with Gasteiger partial charge in [-0.25, -0.2) is 0 Å². The van der Waals surface area contributed by atoms with Crippen LogP contribution in [0.4, 0.5) is 0 Å². The van der Waals surface area contributed by atoms with Crippen LogP contribution in [-0.4, -0.2) is 24.0 Å². The molecule has 1 aromatic rings. The lowest BCUT2D eigenvalue weighted by Gasteiger charge is -2.36. The highest BCUT2D eigenvalue weighted by atomic mass is 15.2. The summed E-state index contributed by atoms with van der Waals surface area (Å²) in [6, 6.07) is 9.51. The van der Waals surface area contributed by atoms with Crippen molar-refractivity contribution in [3.05, 3.63) is 35.4 Å². The summed E-state index contributed by atoms with van der Waals surface area (Å²) in [6.07, 6.45) is 2.41. The second-order valence-electron chi connectivity index (χ2n) is 4.93. The Morgan fingerprint density at radius 2 is 2.12 bits per heavy atom. The average Bonchev–Trinajstić information content (AvgIpc) is 2.29. The molecule has 0 spiro atoms. The van der Waals surface area contributed by atoms with E-state index in [1.54, 1.807) is 0 Å². The van der Waals surface area contributed by atoms with E-state index >= 15 is 0 Å². The minimum atomic E-state index is 0.361. The van der Waals surface area contributed by atoms with Gasteiger partial charge in [0.15, 0.2) is 0 Å². The van der Waals surface area contributed by atoms with Crippen LogP contribution >= 0.6 is 0 Å². The number of hydrogen-bond donors (Lipinski definition) is 1. The van der Waals surface area contributed by atoms with Gasteiger partial charge in [0.25, 0.3) is 0 Å². The number of aryl methyl sites for hydroxylation is 1. The van der Waals surface area contributed by atoms with E-state index in [1.165, 1.54) is 30.5 Å². The summed E-state index contributed by atoms with van der Waals surface area (Å²) in [5.74, 6) is 0. The van der Waals surface area contributed by atoms with Crippen molar-refractivity contribution < 1.29 is 0 Å². The van der Waals surface area contributed by atoms with E-state index in [4.69, 9.17) is 5.73 Å². The molecule has 16 heavy (non-hydrogen) atoms. The summed E-state index contributed by atoms with van der Waals surface area (Å²) >= 11 is 0. The molecule has 0 bridgehead atoms. The van der Waals surface area contributed by atoms with Crippen molar-refractivity contribution in [1.29, 1.82) is 0 Å². The fourth-order valence-electron chi connectivity index (χ4n) is 2.64. The Kier molecular flexibility index (Phi) is 3.62. The van der Waals surface area contributed by atoms with Gasteiger partial charge in [-0.15, -0.1) is 0 Å². The second kappa shape index (κ2) is 4.98. The van der Waals surface area contributed by atoms with Crippen molar-refractivity contribution >= 4 is 0 Å². The van der Waals surface area contributed by atoms with Crippen LogP contribution in [0.3, 0.4) is 0 Å². The predicted molar refractivity (Wildman–Crippen MR) is 68.4 cm³/mol. The molecule has 0 aliphatic carbocycles. The molecule has 2 rings (SSSR count). The zero-order valence-electron chi connectivity index (χ0n) is 10.3. The van der Waals surface area contributed by atoms with Crippen molar-refractivity contribution in [3.63, 3.8) is 0 Å². The topological polar surface area (TPSA) is 29.3 Å². The number of rotatable bonds is 2. The van der Waals surface area contributed by atoms with Gasteiger partial charge < -0.3 is 5.73 Å². The summed E-state index contributed by atoms with van der Waals surface area (Å²) in [5.41, 5.74) is 8.86. The molecule has 2 unspecified atom stereocenters. The quantitative estimate of drug-likeness (QED) is 0.826. The molecule has 1 fully saturated rings. The van der Waals surface area contributed by atoms with Crippen molar-refractivity contribution in [3.8, 4) is 0 Å². The summed E-state index contributed by atoms with van der Waals surface area (Å²) < 4.78 is 0. The molecule has 1 heterocycles. The normalized spacial score (nSPS) is 24.3. The Morgan fingerprint density at radius 1 is 1.38 bits per heavy atom. The summed E-state index contributed by atoms with van der Waals surface area (Å²) in [7, 11) is 0. The average molecular weight is 218 g/mol. The Bertz CT molecular complexity index is 348. The maximum absolute atomic E-state index is 6.04. The van der Waals surface area contributed by atoms with Gasteiger partial charge in [0.1, 0.15) is 0 Å². The zero-order chi connectivity index (χ0) is 11.5. The lowest BCUT2D eigenvalue weighted by molar-refractivity contribution is 0.159. The van der Waals surface area contributed by atoms with E-state index in [-0.39, 0.29) is 0 Å². The number of nitrogens with zero attached hydrogens (tertiary/aromatic N) is 1. The molecule has 1 aliphatic heterocycles. The third-order valence-corrected chi connectivity index (χ3v) is 3.68. The predicted octanol–water partition coefficient (Wildman–Crippen LogP) is 2.48. The molecule has 0 saturated carbocycles. The SMILES string of the molecule is Cc1ccccc1C(C)N1CCCC(N)C1.